The Balaban J connectivity index is 2.04. The predicted molar refractivity (Wildman–Crippen MR) is 114 cm³/mol. The second kappa shape index (κ2) is 8.84. The number of carbonyl (C=O) groups excluding carboxylic acids is 1. The number of halogens is 1. The molecule has 1 heterocycles. The third-order valence-electron chi connectivity index (χ3n) is 4.14. The molecule has 0 atom stereocenters. The van der Waals surface area contributed by atoms with E-state index in [4.69, 9.17) is 4.74 Å². The Morgan fingerprint density at radius 2 is 1.86 bits per heavy atom. The van der Waals surface area contributed by atoms with Gasteiger partial charge >= 0.3 is 5.97 Å². The van der Waals surface area contributed by atoms with E-state index in [0.717, 1.165) is 21.5 Å². The number of para-hydroxylation sites is 1. The van der Waals surface area contributed by atoms with E-state index in [9.17, 15) is 4.79 Å². The number of benzene rings is 2. The van der Waals surface area contributed by atoms with Crippen LogP contribution in [0.5, 0.6) is 0 Å². The van der Waals surface area contributed by atoms with E-state index < -0.39 is 5.97 Å². The fourth-order valence-corrected chi connectivity index (χ4v) is 3.09. The van der Waals surface area contributed by atoms with Crippen LogP contribution >= 0.6 is 15.9 Å². The molecule has 0 saturated heterocycles. The largest absolute Gasteiger partial charge is 0.461 e. The van der Waals surface area contributed by atoms with Gasteiger partial charge in [0.1, 0.15) is 0 Å². The molecule has 0 amide bonds. The number of aromatic nitrogens is 2. The molecule has 0 aliphatic carbocycles. The molecule has 0 spiro atoms. The minimum absolute atomic E-state index is 0.249. The fraction of sp³-hybridized carbons (Fsp3) is 0.190. The van der Waals surface area contributed by atoms with Crippen LogP contribution in [0.3, 0.4) is 0 Å². The van der Waals surface area contributed by atoms with Gasteiger partial charge in [0, 0.05) is 4.47 Å². The van der Waals surface area contributed by atoms with Crippen molar-refractivity contribution in [3.05, 3.63) is 76.0 Å². The molecule has 0 aliphatic heterocycles. The van der Waals surface area contributed by atoms with Gasteiger partial charge in [-0.3, -0.25) is 5.43 Å². The molecule has 0 fully saturated rings. The number of nitrogens with one attached hydrogen (secondary N) is 1. The van der Waals surface area contributed by atoms with Crippen molar-refractivity contribution in [3.8, 4) is 5.69 Å². The SMILES string of the molecule is CCOC(=O)c1nn(-c2ccc(Br)cc2)c(C)c1C(C)=NNc1ccccc1. The summed E-state index contributed by atoms with van der Waals surface area (Å²) >= 11 is 3.43. The Kier molecular flexibility index (Phi) is 6.26. The van der Waals surface area contributed by atoms with Gasteiger partial charge in [-0.1, -0.05) is 34.1 Å². The summed E-state index contributed by atoms with van der Waals surface area (Å²) in [5.74, 6) is -0.467. The second-order valence-electron chi connectivity index (χ2n) is 6.09. The Morgan fingerprint density at radius 1 is 1.18 bits per heavy atom. The average Bonchev–Trinajstić information content (AvgIpc) is 3.05. The topological polar surface area (TPSA) is 68.5 Å². The molecule has 0 aliphatic rings. The van der Waals surface area contributed by atoms with Crippen molar-refractivity contribution >= 4 is 33.3 Å². The lowest BCUT2D eigenvalue weighted by atomic mass is 10.1. The van der Waals surface area contributed by atoms with Gasteiger partial charge in [0.2, 0.25) is 0 Å². The van der Waals surface area contributed by atoms with Crippen LogP contribution in [0.15, 0.2) is 64.2 Å². The summed E-state index contributed by atoms with van der Waals surface area (Å²) in [6.07, 6.45) is 0. The lowest BCUT2D eigenvalue weighted by Crippen LogP contribution is -2.11. The zero-order chi connectivity index (χ0) is 20.1. The number of esters is 1. The van der Waals surface area contributed by atoms with Crippen molar-refractivity contribution in [3.63, 3.8) is 0 Å². The molecule has 7 heteroatoms. The number of nitrogens with zero attached hydrogens (tertiary/aromatic N) is 3. The zero-order valence-electron chi connectivity index (χ0n) is 15.9. The number of anilines is 1. The molecule has 1 N–H and O–H groups in total. The summed E-state index contributed by atoms with van der Waals surface area (Å²) in [5, 5.41) is 8.97. The van der Waals surface area contributed by atoms with Crippen LogP contribution in [0, 0.1) is 6.92 Å². The Morgan fingerprint density at radius 3 is 2.50 bits per heavy atom. The molecule has 0 unspecified atom stereocenters. The van der Waals surface area contributed by atoms with E-state index in [1.165, 1.54) is 0 Å². The summed E-state index contributed by atoms with van der Waals surface area (Å²) in [6, 6.07) is 17.3. The average molecular weight is 441 g/mol. The first kappa shape index (κ1) is 19.8. The van der Waals surface area contributed by atoms with Crippen LogP contribution in [0.4, 0.5) is 5.69 Å². The van der Waals surface area contributed by atoms with Crippen molar-refractivity contribution in [1.82, 2.24) is 9.78 Å². The molecular formula is C21H21BrN4O2. The molecular weight excluding hydrogens is 420 g/mol. The molecule has 3 aromatic rings. The number of hydrazone groups is 1. The van der Waals surface area contributed by atoms with Crippen molar-refractivity contribution in [1.29, 1.82) is 0 Å². The standard InChI is InChI=1S/C21H21BrN4O2/c1-4-28-21(27)20-19(14(2)23-24-17-8-6-5-7-9-17)15(3)26(25-20)18-12-10-16(22)11-13-18/h5-13,24H,4H2,1-3H3. The Bertz CT molecular complexity index is 995. The van der Waals surface area contributed by atoms with Gasteiger partial charge in [-0.05, 0) is 57.2 Å². The van der Waals surface area contributed by atoms with Gasteiger partial charge in [-0.25, -0.2) is 9.48 Å². The maximum absolute atomic E-state index is 12.5. The fourth-order valence-electron chi connectivity index (χ4n) is 2.83. The zero-order valence-corrected chi connectivity index (χ0v) is 17.5. The Hall–Kier alpha value is -2.93. The van der Waals surface area contributed by atoms with Crippen LogP contribution in [-0.4, -0.2) is 28.1 Å². The van der Waals surface area contributed by atoms with Crippen molar-refractivity contribution in [2.75, 3.05) is 12.0 Å². The summed E-state index contributed by atoms with van der Waals surface area (Å²) < 4.78 is 7.91. The van der Waals surface area contributed by atoms with Crippen molar-refractivity contribution < 1.29 is 9.53 Å². The maximum Gasteiger partial charge on any atom is 0.359 e. The highest BCUT2D eigenvalue weighted by Gasteiger charge is 2.24. The molecule has 144 valence electrons. The summed E-state index contributed by atoms with van der Waals surface area (Å²) in [7, 11) is 0. The second-order valence-corrected chi connectivity index (χ2v) is 7.01. The molecule has 3 rings (SSSR count). The molecule has 0 bridgehead atoms. The van der Waals surface area contributed by atoms with Crippen molar-refractivity contribution in [2.45, 2.75) is 20.8 Å². The van der Waals surface area contributed by atoms with Crippen LogP contribution < -0.4 is 5.43 Å². The summed E-state index contributed by atoms with van der Waals surface area (Å²) in [4.78, 5) is 12.5. The van der Waals surface area contributed by atoms with E-state index in [0.29, 0.717) is 11.3 Å². The number of rotatable bonds is 6. The first-order valence-corrected chi connectivity index (χ1v) is 9.69. The monoisotopic (exact) mass is 440 g/mol. The quantitative estimate of drug-likeness (QED) is 0.334. The highest BCUT2D eigenvalue weighted by molar-refractivity contribution is 9.10. The van der Waals surface area contributed by atoms with Crippen LogP contribution in [0.25, 0.3) is 5.69 Å². The molecule has 0 radical (unpaired) electrons. The number of hydrogen-bond donors (Lipinski definition) is 1. The predicted octanol–water partition coefficient (Wildman–Crippen LogP) is 4.96. The lowest BCUT2D eigenvalue weighted by molar-refractivity contribution is 0.0518. The van der Waals surface area contributed by atoms with Gasteiger partial charge in [-0.2, -0.15) is 10.2 Å². The summed E-state index contributed by atoms with van der Waals surface area (Å²) in [6.45, 7) is 5.80. The maximum atomic E-state index is 12.5. The highest BCUT2D eigenvalue weighted by Crippen LogP contribution is 2.22. The lowest BCUT2D eigenvalue weighted by Gasteiger charge is -2.06. The molecule has 2 aromatic carbocycles. The van der Waals surface area contributed by atoms with Gasteiger partial charge in [0.15, 0.2) is 5.69 Å². The molecule has 0 saturated carbocycles. The van der Waals surface area contributed by atoms with Crippen LogP contribution in [-0.2, 0) is 4.74 Å². The minimum atomic E-state index is -0.467. The third kappa shape index (κ3) is 4.31. The van der Waals surface area contributed by atoms with Crippen LogP contribution in [0.2, 0.25) is 0 Å². The summed E-state index contributed by atoms with van der Waals surface area (Å²) in [5.41, 5.74) is 7.08. The number of hydrogen-bond acceptors (Lipinski definition) is 5. The van der Waals surface area contributed by atoms with Gasteiger partial charge in [0.05, 0.1) is 35.0 Å². The van der Waals surface area contributed by atoms with Gasteiger partial charge in [0.25, 0.3) is 0 Å². The number of carbonyl (C=O) groups is 1. The van der Waals surface area contributed by atoms with E-state index in [1.54, 1.807) is 11.6 Å². The van der Waals surface area contributed by atoms with E-state index >= 15 is 0 Å². The third-order valence-corrected chi connectivity index (χ3v) is 4.67. The molecule has 28 heavy (non-hydrogen) atoms. The first-order chi connectivity index (χ1) is 13.5. The minimum Gasteiger partial charge on any atom is -0.461 e. The molecule has 1 aromatic heterocycles. The molecule has 6 nitrogen and oxygen atoms in total. The van der Waals surface area contributed by atoms with Gasteiger partial charge in [-0.15, -0.1) is 0 Å². The van der Waals surface area contributed by atoms with E-state index in [-0.39, 0.29) is 12.3 Å². The number of ether oxygens (including phenoxy) is 1. The highest BCUT2D eigenvalue weighted by atomic mass is 79.9. The van der Waals surface area contributed by atoms with E-state index in [2.05, 4.69) is 31.6 Å². The van der Waals surface area contributed by atoms with Gasteiger partial charge < -0.3 is 4.74 Å². The first-order valence-electron chi connectivity index (χ1n) is 8.89. The van der Waals surface area contributed by atoms with Crippen LogP contribution in [0.1, 0.15) is 35.6 Å². The van der Waals surface area contributed by atoms with E-state index in [1.807, 2.05) is 68.4 Å². The normalized spacial score (nSPS) is 11.4. The Labute approximate surface area is 172 Å². The van der Waals surface area contributed by atoms with Crippen molar-refractivity contribution in [2.24, 2.45) is 5.10 Å². The smallest absolute Gasteiger partial charge is 0.359 e.